The summed E-state index contributed by atoms with van der Waals surface area (Å²) in [5.41, 5.74) is 2.87. The van der Waals surface area contributed by atoms with Crippen molar-refractivity contribution in [2.24, 2.45) is 17.8 Å². The fourth-order valence-corrected chi connectivity index (χ4v) is 10.3. The molecule has 4 aliphatic rings. The number of fused-ring (bicyclic) bond motifs is 4. The third-order valence-corrected chi connectivity index (χ3v) is 13.8. The summed E-state index contributed by atoms with van der Waals surface area (Å²) in [6.07, 6.45) is 7.43. The zero-order valence-corrected chi connectivity index (χ0v) is 28.9. The van der Waals surface area contributed by atoms with Gasteiger partial charge < -0.3 is 19.6 Å². The molecule has 0 saturated heterocycles. The molecular weight excluding hydrogens is 606 g/mol. The van der Waals surface area contributed by atoms with E-state index in [1.807, 2.05) is 39.2 Å². The van der Waals surface area contributed by atoms with E-state index < -0.39 is 15.3 Å². The van der Waals surface area contributed by atoms with E-state index in [-0.39, 0.29) is 28.4 Å². The zero-order valence-electron chi connectivity index (χ0n) is 27.3. The second kappa shape index (κ2) is 12.4. The number of carbonyl (C=O) groups excluding carboxylic acids is 1. The Bertz CT molecular complexity index is 1550. The molecule has 0 radical (unpaired) electrons. The van der Waals surface area contributed by atoms with E-state index >= 15 is 0 Å². The summed E-state index contributed by atoms with van der Waals surface area (Å²) in [7, 11) is 1.16. The molecule has 2 aliphatic heterocycles. The smallest absolute Gasteiger partial charge is 0.262 e. The first-order valence-electron chi connectivity index (χ1n) is 16.7. The van der Waals surface area contributed by atoms with E-state index in [2.05, 4.69) is 39.4 Å². The molecule has 9 heteroatoms. The van der Waals surface area contributed by atoms with E-state index in [1.165, 1.54) is 11.1 Å². The van der Waals surface area contributed by atoms with Gasteiger partial charge in [0.2, 0.25) is 0 Å². The van der Waals surface area contributed by atoms with Gasteiger partial charge in [0.25, 0.3) is 5.91 Å². The second-order valence-corrected chi connectivity index (χ2v) is 17.6. The molecule has 2 heterocycles. The third-order valence-electron chi connectivity index (χ3n) is 11.4. The Labute approximate surface area is 274 Å². The summed E-state index contributed by atoms with van der Waals surface area (Å²) in [5, 5.41) is 12.8. The fourth-order valence-electron chi connectivity index (χ4n) is 8.61. The van der Waals surface area contributed by atoms with Gasteiger partial charge in [0.1, 0.15) is 5.75 Å². The molecule has 1 saturated carbocycles. The number of aliphatic hydroxyl groups is 1. The van der Waals surface area contributed by atoms with Crippen LogP contribution in [0, 0.1) is 17.8 Å². The van der Waals surface area contributed by atoms with Crippen LogP contribution in [-0.4, -0.2) is 77.2 Å². The molecule has 7 nitrogen and oxygen atoms in total. The van der Waals surface area contributed by atoms with Gasteiger partial charge in [-0.1, -0.05) is 31.0 Å². The van der Waals surface area contributed by atoms with Gasteiger partial charge in [-0.25, -0.2) is 4.21 Å². The van der Waals surface area contributed by atoms with Crippen LogP contribution in [0.3, 0.4) is 0 Å². The average Bonchev–Trinajstić information content (AvgIpc) is 3.10. The first kappa shape index (κ1) is 32.7. The van der Waals surface area contributed by atoms with Gasteiger partial charge in [0.15, 0.2) is 0 Å². The highest BCUT2D eigenvalue weighted by Gasteiger charge is 2.49. The highest BCUT2D eigenvalue weighted by Crippen LogP contribution is 2.49. The van der Waals surface area contributed by atoms with Crippen LogP contribution >= 0.6 is 11.6 Å². The maximum Gasteiger partial charge on any atom is 0.262 e. The lowest BCUT2D eigenvalue weighted by Gasteiger charge is -2.51. The van der Waals surface area contributed by atoms with Crippen molar-refractivity contribution in [2.75, 3.05) is 45.2 Å². The molecule has 45 heavy (non-hydrogen) atoms. The predicted molar refractivity (Wildman–Crippen MR) is 185 cm³/mol. The lowest BCUT2D eigenvalue weighted by Crippen LogP contribution is -2.56. The molecule has 2 bridgehead atoms. The van der Waals surface area contributed by atoms with Gasteiger partial charge in [-0.3, -0.25) is 9.52 Å². The SMILES string of the molecule is C=S1(=O)NC(=O)c2ccc3c(c2)N(C[C@@H]2CC[C@H]2[C@@](O)(CN(C)C)CCC[C@H](C)[C@H]1C)C[C@@]1(CCCc2cc(Cl)ccc21)CO3. The van der Waals surface area contributed by atoms with Crippen molar-refractivity contribution in [3.63, 3.8) is 0 Å². The molecule has 2 aromatic carbocycles. The van der Waals surface area contributed by atoms with Gasteiger partial charge in [-0.15, -0.1) is 0 Å². The summed E-state index contributed by atoms with van der Waals surface area (Å²) in [6, 6.07) is 11.8. The Morgan fingerprint density at radius 1 is 1.13 bits per heavy atom. The summed E-state index contributed by atoms with van der Waals surface area (Å²) in [6.45, 7) is 6.66. The second-order valence-electron chi connectivity index (χ2n) is 14.8. The summed E-state index contributed by atoms with van der Waals surface area (Å²) < 4.78 is 23.2. The number of anilines is 1. The number of nitrogens with zero attached hydrogens (tertiary/aromatic N) is 2. The van der Waals surface area contributed by atoms with Crippen molar-refractivity contribution in [3.8, 4) is 5.75 Å². The van der Waals surface area contributed by atoms with Crippen molar-refractivity contribution < 1.29 is 18.8 Å². The number of likely N-dealkylation sites (N-methyl/N-ethyl adjacent to an activating group) is 1. The van der Waals surface area contributed by atoms with Crippen LogP contribution in [0.5, 0.6) is 5.75 Å². The summed E-state index contributed by atoms with van der Waals surface area (Å²) in [5.74, 6) is 4.94. The monoisotopic (exact) mass is 655 g/mol. The lowest BCUT2D eigenvalue weighted by molar-refractivity contribution is -0.100. The number of hydrogen-bond acceptors (Lipinski definition) is 6. The normalized spacial score (nSPS) is 35.4. The molecule has 2 aromatic rings. The van der Waals surface area contributed by atoms with Crippen LogP contribution < -0.4 is 14.4 Å². The van der Waals surface area contributed by atoms with Crippen LogP contribution in [0.25, 0.3) is 0 Å². The predicted octanol–water partition coefficient (Wildman–Crippen LogP) is 5.70. The van der Waals surface area contributed by atoms with Crippen molar-refractivity contribution >= 4 is 38.8 Å². The van der Waals surface area contributed by atoms with E-state index in [0.717, 1.165) is 74.5 Å². The van der Waals surface area contributed by atoms with Gasteiger partial charge >= 0.3 is 0 Å². The quantitative estimate of drug-likeness (QED) is 0.404. The topological polar surface area (TPSA) is 82.1 Å². The highest BCUT2D eigenvalue weighted by atomic mass is 35.5. The number of hydrogen-bond donors (Lipinski definition) is 2. The van der Waals surface area contributed by atoms with Gasteiger partial charge in [-0.05, 0) is 131 Å². The number of ether oxygens (including phenoxy) is 1. The average molecular weight is 656 g/mol. The van der Waals surface area contributed by atoms with Crippen molar-refractivity contribution in [1.82, 2.24) is 9.62 Å². The van der Waals surface area contributed by atoms with Crippen LogP contribution in [0.15, 0.2) is 36.4 Å². The van der Waals surface area contributed by atoms with E-state index in [4.69, 9.17) is 16.3 Å². The van der Waals surface area contributed by atoms with Gasteiger partial charge in [0.05, 0.1) is 27.6 Å². The Hall–Kier alpha value is -2.26. The Morgan fingerprint density at radius 2 is 1.93 bits per heavy atom. The number of amides is 1. The number of nitrogens with one attached hydrogen (secondary N) is 1. The molecule has 2 N–H and O–H groups in total. The van der Waals surface area contributed by atoms with Crippen molar-refractivity contribution in [1.29, 1.82) is 0 Å². The van der Waals surface area contributed by atoms with Crippen molar-refractivity contribution in [3.05, 3.63) is 58.1 Å². The minimum Gasteiger partial charge on any atom is -0.490 e. The number of aryl methyl sites for hydroxylation is 1. The van der Waals surface area contributed by atoms with Crippen LogP contribution in [0.2, 0.25) is 5.02 Å². The Morgan fingerprint density at radius 3 is 2.67 bits per heavy atom. The molecule has 2 aliphatic carbocycles. The highest BCUT2D eigenvalue weighted by molar-refractivity contribution is 7.99. The molecular formula is C36H50ClN3O4S. The van der Waals surface area contributed by atoms with Crippen LogP contribution in [-0.2, 0) is 21.5 Å². The Kier molecular flexibility index (Phi) is 9.00. The maximum atomic E-state index is 13.8. The summed E-state index contributed by atoms with van der Waals surface area (Å²) in [4.78, 5) is 18.1. The standard InChI is InChI=1S/C36H50ClN3O4S/c1-24-8-6-17-36(42,22-39(3)4)31-13-10-28(31)20-40-21-35(16-7-9-26-18-29(37)12-14-30(26)35)23-44-33-15-11-27(19-32(33)40)34(41)38-45(5,43)25(24)2/h11-12,14-15,18-19,24-25,28,31,42H,5-10,13,16-17,20-23H2,1-4H3,(H,38,41,43)/t24-,25+,28-,31+,35-,36-,45?/m0/s1. The molecule has 6 rings (SSSR count). The molecule has 1 unspecified atom stereocenters. The van der Waals surface area contributed by atoms with Gasteiger partial charge in [0, 0.05) is 40.9 Å². The molecule has 1 amide bonds. The van der Waals surface area contributed by atoms with E-state index in [1.54, 1.807) is 6.07 Å². The first-order valence-corrected chi connectivity index (χ1v) is 18.8. The largest absolute Gasteiger partial charge is 0.490 e. The zero-order chi connectivity index (χ0) is 32.1. The molecule has 7 atom stereocenters. The maximum absolute atomic E-state index is 13.8. The number of benzene rings is 2. The van der Waals surface area contributed by atoms with Crippen LogP contribution in [0.4, 0.5) is 5.69 Å². The molecule has 246 valence electrons. The summed E-state index contributed by atoms with van der Waals surface area (Å²) >= 11 is 6.45. The molecule has 1 fully saturated rings. The molecule has 1 spiro atoms. The third kappa shape index (κ3) is 6.37. The number of rotatable bonds is 2. The van der Waals surface area contributed by atoms with Crippen LogP contribution in [0.1, 0.15) is 80.3 Å². The minimum atomic E-state index is -2.92. The minimum absolute atomic E-state index is 0.0735. The van der Waals surface area contributed by atoms with Gasteiger partial charge in [-0.2, -0.15) is 0 Å². The lowest BCUT2D eigenvalue weighted by atomic mass is 9.62. The molecule has 0 aromatic heterocycles. The van der Waals surface area contributed by atoms with Crippen molar-refractivity contribution in [2.45, 2.75) is 81.5 Å². The van der Waals surface area contributed by atoms with E-state index in [9.17, 15) is 14.1 Å². The Balaban J connectivity index is 1.44. The van der Waals surface area contributed by atoms with E-state index in [0.29, 0.717) is 31.1 Å². The first-order chi connectivity index (χ1) is 21.3. The number of carbonyl (C=O) groups is 1. The fraction of sp³-hybridized carbons (Fsp3) is 0.611. The number of halogens is 1.